The summed E-state index contributed by atoms with van der Waals surface area (Å²) in [6, 6.07) is 4.04. The fourth-order valence-corrected chi connectivity index (χ4v) is 1.87. The summed E-state index contributed by atoms with van der Waals surface area (Å²) in [7, 11) is 3.45. The summed E-state index contributed by atoms with van der Waals surface area (Å²) in [6.45, 7) is 6.60. The molecule has 0 aliphatic rings. The Bertz CT molecular complexity index is 517. The number of aromatic nitrogens is 1. The van der Waals surface area contributed by atoms with Crippen LogP contribution in [0.1, 0.15) is 23.9 Å². The summed E-state index contributed by atoms with van der Waals surface area (Å²) in [5, 5.41) is 9.27. The van der Waals surface area contributed by atoms with Crippen LogP contribution in [0.15, 0.2) is 6.07 Å². The maximum atomic E-state index is 11.8. The fourth-order valence-electron chi connectivity index (χ4n) is 1.87. The SMILES string of the molecule is CCN(CC(=O)N(C)C)c1cc(C)nc(C)c1C#N. The molecule has 1 amide bonds. The number of rotatable bonds is 4. The number of carbonyl (C=O) groups is 1. The van der Waals surface area contributed by atoms with Gasteiger partial charge < -0.3 is 9.80 Å². The van der Waals surface area contributed by atoms with Crippen LogP contribution in [0.2, 0.25) is 0 Å². The molecule has 0 aromatic carbocycles. The Hall–Kier alpha value is -2.09. The van der Waals surface area contributed by atoms with E-state index in [9.17, 15) is 10.1 Å². The summed E-state index contributed by atoms with van der Waals surface area (Å²) in [6.07, 6.45) is 0. The van der Waals surface area contributed by atoms with Crippen LogP contribution in [0.3, 0.4) is 0 Å². The predicted molar refractivity (Wildman–Crippen MR) is 75.0 cm³/mol. The van der Waals surface area contributed by atoms with Crippen LogP contribution < -0.4 is 4.90 Å². The average Bonchev–Trinajstić information content (AvgIpc) is 2.34. The van der Waals surface area contributed by atoms with Gasteiger partial charge in [-0.25, -0.2) is 0 Å². The standard InChI is InChI=1S/C14H20N4O/c1-6-18(9-14(19)17(4)5)13-7-10(2)16-11(3)12(13)8-15/h7H,6,9H2,1-5H3. The first-order chi connectivity index (χ1) is 8.90. The molecule has 1 rings (SSSR count). The summed E-state index contributed by atoms with van der Waals surface area (Å²) < 4.78 is 0. The van der Waals surface area contributed by atoms with Crippen molar-refractivity contribution in [1.82, 2.24) is 9.88 Å². The van der Waals surface area contributed by atoms with E-state index in [1.165, 1.54) is 0 Å². The Morgan fingerprint density at radius 1 is 1.42 bits per heavy atom. The van der Waals surface area contributed by atoms with E-state index in [0.29, 0.717) is 17.8 Å². The molecule has 0 bridgehead atoms. The van der Waals surface area contributed by atoms with E-state index in [1.807, 2.05) is 31.7 Å². The molecule has 0 aliphatic heterocycles. The van der Waals surface area contributed by atoms with Crippen LogP contribution in [0.4, 0.5) is 5.69 Å². The van der Waals surface area contributed by atoms with Gasteiger partial charge in [0.25, 0.3) is 0 Å². The van der Waals surface area contributed by atoms with E-state index in [1.54, 1.807) is 19.0 Å². The van der Waals surface area contributed by atoms with Gasteiger partial charge in [-0.15, -0.1) is 0 Å². The zero-order valence-corrected chi connectivity index (χ0v) is 12.2. The molecule has 1 heterocycles. The van der Waals surface area contributed by atoms with E-state index in [4.69, 9.17) is 0 Å². The monoisotopic (exact) mass is 260 g/mol. The first-order valence-corrected chi connectivity index (χ1v) is 6.24. The van der Waals surface area contributed by atoms with Gasteiger partial charge in [-0.05, 0) is 26.8 Å². The lowest BCUT2D eigenvalue weighted by molar-refractivity contribution is -0.127. The number of carbonyl (C=O) groups excluding carboxylic acids is 1. The Kier molecular flexibility index (Phi) is 4.87. The van der Waals surface area contributed by atoms with E-state index >= 15 is 0 Å². The van der Waals surface area contributed by atoms with Gasteiger partial charge in [-0.1, -0.05) is 0 Å². The minimum absolute atomic E-state index is 0.0119. The number of aryl methyl sites for hydroxylation is 2. The number of hydrogen-bond donors (Lipinski definition) is 0. The minimum atomic E-state index is 0.0119. The van der Waals surface area contributed by atoms with Gasteiger partial charge in [0.15, 0.2) is 0 Å². The molecule has 1 aromatic rings. The molecule has 0 spiro atoms. The Labute approximate surface area is 114 Å². The quantitative estimate of drug-likeness (QED) is 0.823. The third kappa shape index (κ3) is 3.44. The number of amides is 1. The van der Waals surface area contributed by atoms with Crippen LogP contribution >= 0.6 is 0 Å². The van der Waals surface area contributed by atoms with Crippen molar-refractivity contribution in [2.45, 2.75) is 20.8 Å². The third-order valence-electron chi connectivity index (χ3n) is 2.97. The van der Waals surface area contributed by atoms with Gasteiger partial charge in [0.1, 0.15) is 6.07 Å². The summed E-state index contributed by atoms with van der Waals surface area (Å²) in [5.41, 5.74) is 2.87. The maximum absolute atomic E-state index is 11.8. The number of nitriles is 1. The van der Waals surface area contributed by atoms with Crippen molar-refractivity contribution in [2.75, 3.05) is 32.1 Å². The van der Waals surface area contributed by atoms with Crippen molar-refractivity contribution in [2.24, 2.45) is 0 Å². The van der Waals surface area contributed by atoms with Gasteiger partial charge in [-0.3, -0.25) is 9.78 Å². The Balaban J connectivity index is 3.18. The van der Waals surface area contributed by atoms with Crippen LogP contribution in [0.25, 0.3) is 0 Å². The molecular formula is C14H20N4O. The van der Waals surface area contributed by atoms with E-state index in [2.05, 4.69) is 11.1 Å². The lowest BCUT2D eigenvalue weighted by Crippen LogP contribution is -2.37. The number of likely N-dealkylation sites (N-methyl/N-ethyl adjacent to an activating group) is 2. The van der Waals surface area contributed by atoms with E-state index < -0.39 is 0 Å². The highest BCUT2D eigenvalue weighted by molar-refractivity contribution is 5.81. The zero-order valence-electron chi connectivity index (χ0n) is 12.2. The third-order valence-corrected chi connectivity index (χ3v) is 2.97. The highest BCUT2D eigenvalue weighted by Crippen LogP contribution is 2.23. The molecule has 5 heteroatoms. The van der Waals surface area contributed by atoms with Crippen molar-refractivity contribution in [3.05, 3.63) is 23.0 Å². The Morgan fingerprint density at radius 2 is 2.05 bits per heavy atom. The number of pyridine rings is 1. The van der Waals surface area contributed by atoms with Crippen molar-refractivity contribution in [3.63, 3.8) is 0 Å². The molecule has 0 aliphatic carbocycles. The van der Waals surface area contributed by atoms with Gasteiger partial charge in [0, 0.05) is 26.3 Å². The summed E-state index contributed by atoms with van der Waals surface area (Å²) in [4.78, 5) is 19.6. The molecule has 1 aromatic heterocycles. The molecule has 102 valence electrons. The summed E-state index contributed by atoms with van der Waals surface area (Å²) in [5.74, 6) is 0.0119. The van der Waals surface area contributed by atoms with Gasteiger partial charge in [0.05, 0.1) is 23.5 Å². The molecule has 0 saturated carbocycles. The molecular weight excluding hydrogens is 240 g/mol. The van der Waals surface area contributed by atoms with Crippen LogP contribution in [-0.4, -0.2) is 43.0 Å². The van der Waals surface area contributed by atoms with Crippen molar-refractivity contribution < 1.29 is 4.79 Å². The molecule has 0 radical (unpaired) electrons. The van der Waals surface area contributed by atoms with E-state index in [-0.39, 0.29) is 12.5 Å². The zero-order chi connectivity index (χ0) is 14.6. The minimum Gasteiger partial charge on any atom is -0.361 e. The molecule has 0 saturated heterocycles. The van der Waals surface area contributed by atoms with Crippen molar-refractivity contribution >= 4 is 11.6 Å². The highest BCUT2D eigenvalue weighted by Gasteiger charge is 2.17. The first kappa shape index (κ1) is 15.0. The van der Waals surface area contributed by atoms with Crippen molar-refractivity contribution in [3.8, 4) is 6.07 Å². The fraction of sp³-hybridized carbons (Fsp3) is 0.500. The van der Waals surface area contributed by atoms with Gasteiger partial charge >= 0.3 is 0 Å². The predicted octanol–water partition coefficient (Wildman–Crippen LogP) is 1.48. The number of nitrogens with zero attached hydrogens (tertiary/aromatic N) is 4. The molecule has 0 unspecified atom stereocenters. The van der Waals surface area contributed by atoms with Gasteiger partial charge in [0.2, 0.25) is 5.91 Å². The Morgan fingerprint density at radius 3 is 2.53 bits per heavy atom. The maximum Gasteiger partial charge on any atom is 0.241 e. The van der Waals surface area contributed by atoms with Gasteiger partial charge in [-0.2, -0.15) is 5.26 Å². The van der Waals surface area contributed by atoms with E-state index in [0.717, 1.165) is 11.4 Å². The molecule has 5 nitrogen and oxygen atoms in total. The second-order valence-corrected chi connectivity index (χ2v) is 4.66. The molecule has 0 N–H and O–H groups in total. The van der Waals surface area contributed by atoms with Crippen molar-refractivity contribution in [1.29, 1.82) is 5.26 Å². The molecule has 0 fully saturated rings. The first-order valence-electron chi connectivity index (χ1n) is 6.24. The topological polar surface area (TPSA) is 60.2 Å². The molecule has 19 heavy (non-hydrogen) atoms. The summed E-state index contributed by atoms with van der Waals surface area (Å²) >= 11 is 0. The average molecular weight is 260 g/mol. The van der Waals surface area contributed by atoms with Crippen LogP contribution in [0, 0.1) is 25.2 Å². The molecule has 0 atom stereocenters. The second kappa shape index (κ2) is 6.19. The largest absolute Gasteiger partial charge is 0.361 e. The second-order valence-electron chi connectivity index (χ2n) is 4.66. The highest BCUT2D eigenvalue weighted by atomic mass is 16.2. The lowest BCUT2D eigenvalue weighted by atomic mass is 10.1. The smallest absolute Gasteiger partial charge is 0.241 e. The number of hydrogen-bond acceptors (Lipinski definition) is 4. The number of anilines is 1. The van der Waals surface area contributed by atoms with Crippen LogP contribution in [-0.2, 0) is 4.79 Å². The van der Waals surface area contributed by atoms with Crippen LogP contribution in [0.5, 0.6) is 0 Å². The lowest BCUT2D eigenvalue weighted by Gasteiger charge is -2.25. The normalized spacial score (nSPS) is 9.89.